The summed E-state index contributed by atoms with van der Waals surface area (Å²) < 4.78 is 10.7. The molecule has 0 atom stereocenters. The van der Waals surface area contributed by atoms with Gasteiger partial charge in [-0.25, -0.2) is 9.98 Å². The van der Waals surface area contributed by atoms with Crippen molar-refractivity contribution in [2.75, 3.05) is 14.2 Å². The number of ether oxygens (including phenoxy) is 2. The highest BCUT2D eigenvalue weighted by atomic mass is 32.1. The number of non-ortho nitro benzene ring substituents is 1. The minimum absolute atomic E-state index is 0.0467. The van der Waals surface area contributed by atoms with Gasteiger partial charge in [-0.3, -0.25) is 10.1 Å². The number of hydrogen-bond acceptors (Lipinski definition) is 7. The van der Waals surface area contributed by atoms with Gasteiger partial charge in [0, 0.05) is 29.5 Å². The highest BCUT2D eigenvalue weighted by Crippen LogP contribution is 2.40. The van der Waals surface area contributed by atoms with Gasteiger partial charge in [-0.15, -0.1) is 0 Å². The van der Waals surface area contributed by atoms with Crippen LogP contribution >= 0.6 is 11.3 Å². The summed E-state index contributed by atoms with van der Waals surface area (Å²) in [6.45, 7) is 2.11. The molecule has 0 aliphatic rings. The van der Waals surface area contributed by atoms with E-state index >= 15 is 0 Å². The Morgan fingerprint density at radius 2 is 1.71 bits per heavy atom. The molecule has 0 amide bonds. The van der Waals surface area contributed by atoms with Crippen LogP contribution in [0.1, 0.15) is 18.1 Å². The topological polar surface area (TPSA) is 86.9 Å². The van der Waals surface area contributed by atoms with E-state index in [1.54, 1.807) is 32.6 Å². The number of methoxy groups -OCH3 is 2. The van der Waals surface area contributed by atoms with Crippen LogP contribution in [0.15, 0.2) is 71.7 Å². The summed E-state index contributed by atoms with van der Waals surface area (Å²) in [5, 5.41) is 11.6. The molecule has 0 saturated heterocycles. The number of nitro benzene ring substituents is 1. The van der Waals surface area contributed by atoms with E-state index in [9.17, 15) is 10.1 Å². The zero-order valence-corrected chi connectivity index (χ0v) is 19.8. The van der Waals surface area contributed by atoms with Crippen LogP contribution in [-0.2, 0) is 6.42 Å². The van der Waals surface area contributed by atoms with Crippen LogP contribution in [0.3, 0.4) is 0 Å². The van der Waals surface area contributed by atoms with Crippen molar-refractivity contribution >= 4 is 28.4 Å². The van der Waals surface area contributed by atoms with Crippen LogP contribution in [0.25, 0.3) is 21.7 Å². The smallest absolute Gasteiger partial charge is 0.269 e. The fourth-order valence-corrected chi connectivity index (χ4v) is 4.39. The van der Waals surface area contributed by atoms with Crippen molar-refractivity contribution in [3.63, 3.8) is 0 Å². The summed E-state index contributed by atoms with van der Waals surface area (Å²) >= 11 is 1.42. The molecule has 172 valence electrons. The Bertz CT molecular complexity index is 1330. The molecular formula is C26H23N3O4S. The van der Waals surface area contributed by atoms with E-state index in [-0.39, 0.29) is 5.69 Å². The molecule has 0 aliphatic carbocycles. The molecule has 8 heteroatoms. The summed E-state index contributed by atoms with van der Waals surface area (Å²) in [4.78, 5) is 21.0. The van der Waals surface area contributed by atoms with E-state index in [0.717, 1.165) is 33.7 Å². The summed E-state index contributed by atoms with van der Waals surface area (Å²) in [6, 6.07) is 20.2. The minimum Gasteiger partial charge on any atom is -0.497 e. The molecule has 3 aromatic carbocycles. The van der Waals surface area contributed by atoms with Crippen molar-refractivity contribution in [2.45, 2.75) is 13.3 Å². The summed E-state index contributed by atoms with van der Waals surface area (Å²) in [7, 11) is 3.21. The van der Waals surface area contributed by atoms with Gasteiger partial charge in [0.05, 0.1) is 29.7 Å². The Morgan fingerprint density at radius 1 is 1.00 bits per heavy atom. The van der Waals surface area contributed by atoms with Gasteiger partial charge in [0.15, 0.2) is 0 Å². The van der Waals surface area contributed by atoms with Crippen molar-refractivity contribution in [1.82, 2.24) is 4.98 Å². The minimum atomic E-state index is -0.405. The molecule has 4 aromatic rings. The predicted molar refractivity (Wildman–Crippen MR) is 136 cm³/mol. The van der Waals surface area contributed by atoms with Gasteiger partial charge in [0.25, 0.3) is 5.69 Å². The SMILES string of the molecule is CCc1ccc(-c2nc(N=Cc3cc(OC)ccc3OC)sc2-c2ccc([N+](=O)[O-])cc2)cc1. The summed E-state index contributed by atoms with van der Waals surface area (Å²) in [5.41, 5.74) is 4.64. The van der Waals surface area contributed by atoms with E-state index in [0.29, 0.717) is 16.6 Å². The molecule has 1 aromatic heterocycles. The quantitative estimate of drug-likeness (QED) is 0.161. The van der Waals surface area contributed by atoms with Crippen LogP contribution in [0.5, 0.6) is 11.5 Å². The van der Waals surface area contributed by atoms with E-state index in [1.807, 2.05) is 30.3 Å². The lowest BCUT2D eigenvalue weighted by molar-refractivity contribution is -0.384. The largest absolute Gasteiger partial charge is 0.497 e. The first-order valence-corrected chi connectivity index (χ1v) is 11.4. The Balaban J connectivity index is 1.77. The van der Waals surface area contributed by atoms with Gasteiger partial charge in [-0.1, -0.05) is 42.5 Å². The van der Waals surface area contributed by atoms with E-state index < -0.39 is 4.92 Å². The number of rotatable bonds is 8. The van der Waals surface area contributed by atoms with Crippen molar-refractivity contribution in [2.24, 2.45) is 4.99 Å². The lowest BCUT2D eigenvalue weighted by Crippen LogP contribution is -1.92. The zero-order valence-electron chi connectivity index (χ0n) is 19.0. The molecule has 7 nitrogen and oxygen atoms in total. The highest BCUT2D eigenvalue weighted by Gasteiger charge is 2.16. The number of aromatic nitrogens is 1. The van der Waals surface area contributed by atoms with Gasteiger partial charge in [0.1, 0.15) is 11.5 Å². The number of benzene rings is 3. The number of nitro groups is 1. The lowest BCUT2D eigenvalue weighted by Gasteiger charge is -2.06. The molecule has 1 heterocycles. The monoisotopic (exact) mass is 473 g/mol. The third-order valence-corrected chi connectivity index (χ3v) is 6.36. The number of thiazole rings is 1. The molecule has 0 spiro atoms. The van der Waals surface area contributed by atoms with E-state index in [1.165, 1.54) is 29.0 Å². The van der Waals surface area contributed by atoms with Crippen molar-refractivity contribution in [1.29, 1.82) is 0 Å². The zero-order chi connectivity index (χ0) is 24.1. The first kappa shape index (κ1) is 23.1. The van der Waals surface area contributed by atoms with Gasteiger partial charge in [-0.2, -0.15) is 0 Å². The molecule has 0 fully saturated rings. The fourth-order valence-electron chi connectivity index (χ4n) is 3.45. The van der Waals surface area contributed by atoms with Gasteiger partial charge >= 0.3 is 0 Å². The van der Waals surface area contributed by atoms with Crippen LogP contribution in [0.4, 0.5) is 10.8 Å². The number of aliphatic imine (C=N–C) groups is 1. The first-order chi connectivity index (χ1) is 16.5. The second-order valence-corrected chi connectivity index (χ2v) is 8.37. The number of hydrogen-bond donors (Lipinski definition) is 0. The molecule has 0 N–H and O–H groups in total. The number of aryl methyl sites for hydroxylation is 1. The molecule has 34 heavy (non-hydrogen) atoms. The highest BCUT2D eigenvalue weighted by molar-refractivity contribution is 7.19. The second-order valence-electron chi connectivity index (χ2n) is 7.39. The van der Waals surface area contributed by atoms with Crippen molar-refractivity contribution in [3.05, 3.63) is 88.0 Å². The van der Waals surface area contributed by atoms with Crippen LogP contribution in [-0.4, -0.2) is 30.3 Å². The van der Waals surface area contributed by atoms with Crippen molar-refractivity contribution in [3.8, 4) is 33.2 Å². The Labute approximate surface area is 201 Å². The van der Waals surface area contributed by atoms with E-state index in [2.05, 4.69) is 24.0 Å². The second kappa shape index (κ2) is 10.3. The Kier molecular flexibility index (Phi) is 6.98. The fraction of sp³-hybridized carbons (Fsp3) is 0.154. The van der Waals surface area contributed by atoms with Crippen LogP contribution in [0.2, 0.25) is 0 Å². The molecule has 0 unspecified atom stereocenters. The summed E-state index contributed by atoms with van der Waals surface area (Å²) in [5.74, 6) is 1.37. The first-order valence-electron chi connectivity index (χ1n) is 10.6. The maximum absolute atomic E-state index is 11.1. The van der Waals surface area contributed by atoms with E-state index in [4.69, 9.17) is 14.5 Å². The molecule has 0 bridgehead atoms. The molecule has 4 rings (SSSR count). The normalized spacial score (nSPS) is 11.0. The Hall–Kier alpha value is -4.04. The van der Waals surface area contributed by atoms with Crippen LogP contribution in [0, 0.1) is 10.1 Å². The standard InChI is InChI=1S/C26H23N3O4S/c1-4-17-5-7-18(8-6-17)24-25(19-9-11-21(12-10-19)29(30)31)34-26(28-24)27-16-20-15-22(32-2)13-14-23(20)33-3/h5-16H,4H2,1-3H3. The molecule has 0 radical (unpaired) electrons. The average molecular weight is 474 g/mol. The number of nitrogens with zero attached hydrogens (tertiary/aromatic N) is 3. The van der Waals surface area contributed by atoms with Crippen molar-refractivity contribution < 1.29 is 14.4 Å². The third-order valence-electron chi connectivity index (χ3n) is 5.34. The van der Waals surface area contributed by atoms with Crippen LogP contribution < -0.4 is 9.47 Å². The lowest BCUT2D eigenvalue weighted by atomic mass is 10.0. The maximum Gasteiger partial charge on any atom is 0.269 e. The molecule has 0 saturated carbocycles. The predicted octanol–water partition coefficient (Wildman–Crippen LogP) is 6.72. The molecule has 0 aliphatic heterocycles. The Morgan fingerprint density at radius 3 is 2.32 bits per heavy atom. The molecular weight excluding hydrogens is 450 g/mol. The van der Waals surface area contributed by atoms with Gasteiger partial charge in [-0.05, 0) is 47.9 Å². The average Bonchev–Trinajstić information content (AvgIpc) is 3.31. The summed E-state index contributed by atoms with van der Waals surface area (Å²) in [6.07, 6.45) is 2.65. The van der Waals surface area contributed by atoms with Gasteiger partial charge < -0.3 is 9.47 Å². The third kappa shape index (κ3) is 4.97. The maximum atomic E-state index is 11.1. The van der Waals surface area contributed by atoms with Gasteiger partial charge in [0.2, 0.25) is 5.13 Å².